The van der Waals surface area contributed by atoms with Gasteiger partial charge in [-0.05, 0) is 40.5 Å². The number of carbonyl (C=O) groups is 1. The van der Waals surface area contributed by atoms with E-state index in [9.17, 15) is 4.79 Å². The van der Waals surface area contributed by atoms with Crippen molar-refractivity contribution in [2.24, 2.45) is 0 Å². The Bertz CT molecular complexity index is 642. The zero-order valence-corrected chi connectivity index (χ0v) is 14.7. The van der Waals surface area contributed by atoms with Crippen LogP contribution in [0.2, 0.25) is 0 Å². The molecule has 0 fully saturated rings. The van der Waals surface area contributed by atoms with Crippen molar-refractivity contribution in [3.8, 4) is 16.3 Å². The average Bonchev–Trinajstić information content (AvgIpc) is 2.92. The largest absolute Gasteiger partial charge is 0.492 e. The third kappa shape index (κ3) is 4.81. The minimum absolute atomic E-state index is 0.0453. The number of benzene rings is 1. The summed E-state index contributed by atoms with van der Waals surface area (Å²) in [5, 5.41) is 11.4. The van der Waals surface area contributed by atoms with Gasteiger partial charge in [0.2, 0.25) is 0 Å². The van der Waals surface area contributed by atoms with Crippen molar-refractivity contribution in [1.29, 1.82) is 0 Å². The lowest BCUT2D eigenvalue weighted by atomic mass is 10.2. The van der Waals surface area contributed by atoms with E-state index in [2.05, 4.69) is 27.8 Å². The van der Waals surface area contributed by atoms with Crippen molar-refractivity contribution in [3.05, 3.63) is 33.7 Å². The molecule has 2 rings (SSSR count). The predicted molar refractivity (Wildman–Crippen MR) is 91.6 cm³/mol. The molecule has 0 aliphatic rings. The van der Waals surface area contributed by atoms with Crippen LogP contribution in [0.15, 0.2) is 28.1 Å². The molecule has 0 bridgehead atoms. The number of nitrogens with zero attached hydrogens (tertiary/aromatic N) is 1. The van der Waals surface area contributed by atoms with E-state index in [1.807, 2.05) is 18.2 Å². The summed E-state index contributed by atoms with van der Waals surface area (Å²) in [6, 6.07) is 5.82. The van der Waals surface area contributed by atoms with Gasteiger partial charge >= 0.3 is 5.97 Å². The molecule has 1 heterocycles. The zero-order valence-electron chi connectivity index (χ0n) is 12.3. The second kappa shape index (κ2) is 8.29. The summed E-state index contributed by atoms with van der Waals surface area (Å²) in [6.07, 6.45) is 3.35. The molecule has 2 aromatic rings. The summed E-state index contributed by atoms with van der Waals surface area (Å²) >= 11 is 4.97. The molecule has 0 radical (unpaired) electrons. The highest BCUT2D eigenvalue weighted by Crippen LogP contribution is 2.32. The van der Waals surface area contributed by atoms with Crippen LogP contribution < -0.4 is 4.74 Å². The number of ether oxygens (including phenoxy) is 1. The van der Waals surface area contributed by atoms with Crippen molar-refractivity contribution in [2.75, 3.05) is 6.61 Å². The van der Waals surface area contributed by atoms with Gasteiger partial charge in [0.1, 0.15) is 10.8 Å². The Morgan fingerprint density at radius 2 is 2.23 bits per heavy atom. The van der Waals surface area contributed by atoms with E-state index in [1.54, 1.807) is 5.38 Å². The topological polar surface area (TPSA) is 59.4 Å². The van der Waals surface area contributed by atoms with E-state index in [-0.39, 0.29) is 6.42 Å². The lowest BCUT2D eigenvalue weighted by Crippen LogP contribution is -2.00. The molecule has 4 nitrogen and oxygen atoms in total. The van der Waals surface area contributed by atoms with Gasteiger partial charge in [0, 0.05) is 10.9 Å². The van der Waals surface area contributed by atoms with Gasteiger partial charge in [-0.2, -0.15) is 0 Å². The molecule has 0 spiro atoms. The summed E-state index contributed by atoms with van der Waals surface area (Å²) in [5.41, 5.74) is 1.54. The van der Waals surface area contributed by atoms with Crippen LogP contribution >= 0.6 is 27.3 Å². The molecule has 118 valence electrons. The fraction of sp³-hybridized carbons (Fsp3) is 0.375. The molecular weight excluding hydrogens is 366 g/mol. The summed E-state index contributed by atoms with van der Waals surface area (Å²) in [6.45, 7) is 2.88. The van der Waals surface area contributed by atoms with E-state index in [0.29, 0.717) is 12.3 Å². The summed E-state index contributed by atoms with van der Waals surface area (Å²) in [7, 11) is 0. The number of hydrogen-bond donors (Lipinski definition) is 1. The maximum atomic E-state index is 10.7. The van der Waals surface area contributed by atoms with Crippen LogP contribution in [-0.4, -0.2) is 22.7 Å². The van der Waals surface area contributed by atoms with Crippen LogP contribution in [0.3, 0.4) is 0 Å². The van der Waals surface area contributed by atoms with Crippen molar-refractivity contribution in [3.63, 3.8) is 0 Å². The third-order valence-corrected chi connectivity index (χ3v) is 4.63. The summed E-state index contributed by atoms with van der Waals surface area (Å²) in [4.78, 5) is 15.1. The average molecular weight is 384 g/mol. The van der Waals surface area contributed by atoms with Crippen molar-refractivity contribution < 1.29 is 14.6 Å². The van der Waals surface area contributed by atoms with Gasteiger partial charge in [0.15, 0.2) is 0 Å². The number of unbranched alkanes of at least 4 members (excludes halogenated alkanes) is 2. The number of carboxylic acid groups (broad SMARTS) is 1. The third-order valence-electron chi connectivity index (χ3n) is 3.07. The molecule has 0 unspecified atom stereocenters. The first-order valence-electron chi connectivity index (χ1n) is 7.19. The van der Waals surface area contributed by atoms with Crippen LogP contribution in [0.5, 0.6) is 5.75 Å². The van der Waals surface area contributed by atoms with Crippen molar-refractivity contribution in [2.45, 2.75) is 32.6 Å². The Labute approximate surface area is 142 Å². The van der Waals surface area contributed by atoms with Gasteiger partial charge in [-0.3, -0.25) is 4.79 Å². The van der Waals surface area contributed by atoms with Gasteiger partial charge in [0.05, 0.1) is 23.2 Å². The standard InChI is InChI=1S/C16H18BrNO3S/c1-2-3-4-7-21-14-6-5-11(8-13(14)17)16-18-12(10-22-16)9-15(19)20/h5-6,8,10H,2-4,7,9H2,1H3,(H,19,20). The molecule has 0 atom stereocenters. The fourth-order valence-electron chi connectivity index (χ4n) is 1.96. The molecule has 22 heavy (non-hydrogen) atoms. The molecule has 0 saturated carbocycles. The Hall–Kier alpha value is -1.40. The van der Waals surface area contributed by atoms with E-state index in [1.165, 1.54) is 24.2 Å². The Balaban J connectivity index is 2.05. The number of halogens is 1. The lowest BCUT2D eigenvalue weighted by molar-refractivity contribution is -0.136. The minimum atomic E-state index is -0.867. The van der Waals surface area contributed by atoms with Crippen LogP contribution in [0.4, 0.5) is 0 Å². The second-order valence-corrected chi connectivity index (χ2v) is 6.63. The maximum Gasteiger partial charge on any atom is 0.309 e. The molecule has 1 aromatic heterocycles. The quantitative estimate of drug-likeness (QED) is 0.666. The molecular formula is C16H18BrNO3S. The minimum Gasteiger partial charge on any atom is -0.492 e. The summed E-state index contributed by atoms with van der Waals surface area (Å²) in [5.74, 6) is -0.0453. The maximum absolute atomic E-state index is 10.7. The normalized spacial score (nSPS) is 10.6. The highest BCUT2D eigenvalue weighted by Gasteiger charge is 2.10. The first-order chi connectivity index (χ1) is 10.6. The first kappa shape index (κ1) is 17.0. The lowest BCUT2D eigenvalue weighted by Gasteiger charge is -2.08. The number of hydrogen-bond acceptors (Lipinski definition) is 4. The molecule has 6 heteroatoms. The Morgan fingerprint density at radius 1 is 1.41 bits per heavy atom. The fourth-order valence-corrected chi connectivity index (χ4v) is 3.27. The SMILES string of the molecule is CCCCCOc1ccc(-c2nc(CC(=O)O)cs2)cc1Br. The number of rotatable bonds is 8. The molecule has 0 amide bonds. The monoisotopic (exact) mass is 383 g/mol. The van der Waals surface area contributed by atoms with Gasteiger partial charge in [-0.1, -0.05) is 19.8 Å². The molecule has 1 N–H and O–H groups in total. The highest BCUT2D eigenvalue weighted by molar-refractivity contribution is 9.10. The van der Waals surface area contributed by atoms with Crippen LogP contribution in [0.25, 0.3) is 10.6 Å². The smallest absolute Gasteiger partial charge is 0.309 e. The molecule has 0 saturated heterocycles. The van der Waals surface area contributed by atoms with Crippen LogP contribution in [0, 0.1) is 0 Å². The zero-order chi connectivity index (χ0) is 15.9. The van der Waals surface area contributed by atoms with Crippen molar-refractivity contribution in [1.82, 2.24) is 4.98 Å². The van der Waals surface area contributed by atoms with Gasteiger partial charge < -0.3 is 9.84 Å². The van der Waals surface area contributed by atoms with E-state index < -0.39 is 5.97 Å². The van der Waals surface area contributed by atoms with Crippen LogP contribution in [0.1, 0.15) is 31.9 Å². The molecule has 0 aliphatic heterocycles. The predicted octanol–water partition coefficient (Wildman–Crippen LogP) is 4.77. The van der Waals surface area contributed by atoms with Gasteiger partial charge in [-0.15, -0.1) is 11.3 Å². The Morgan fingerprint density at radius 3 is 2.91 bits per heavy atom. The van der Waals surface area contributed by atoms with Crippen LogP contribution in [-0.2, 0) is 11.2 Å². The van der Waals surface area contributed by atoms with Crippen molar-refractivity contribution >= 4 is 33.2 Å². The van der Waals surface area contributed by atoms with E-state index in [0.717, 1.165) is 27.2 Å². The summed E-state index contributed by atoms with van der Waals surface area (Å²) < 4.78 is 6.63. The van der Waals surface area contributed by atoms with Gasteiger partial charge in [0.25, 0.3) is 0 Å². The highest BCUT2D eigenvalue weighted by atomic mass is 79.9. The second-order valence-electron chi connectivity index (χ2n) is 4.92. The number of carboxylic acids is 1. The molecule has 1 aromatic carbocycles. The van der Waals surface area contributed by atoms with E-state index >= 15 is 0 Å². The number of aromatic nitrogens is 1. The molecule has 0 aliphatic carbocycles. The van der Waals surface area contributed by atoms with Gasteiger partial charge in [-0.25, -0.2) is 4.98 Å². The number of thiazole rings is 1. The Kier molecular flexibility index (Phi) is 6.39. The first-order valence-corrected chi connectivity index (χ1v) is 8.86. The number of aliphatic carboxylic acids is 1. The van der Waals surface area contributed by atoms with E-state index in [4.69, 9.17) is 9.84 Å².